The van der Waals surface area contributed by atoms with Gasteiger partial charge >= 0.3 is 0 Å². The number of thioether (sulfide) groups is 1. The van der Waals surface area contributed by atoms with Crippen molar-refractivity contribution in [3.8, 4) is 5.75 Å². The Labute approximate surface area is 120 Å². The second kappa shape index (κ2) is 7.16. The number of rotatable bonds is 7. The van der Waals surface area contributed by atoms with Crippen molar-refractivity contribution in [1.82, 2.24) is 10.2 Å². The minimum absolute atomic E-state index is 0.704. The molecule has 19 heavy (non-hydrogen) atoms. The summed E-state index contributed by atoms with van der Waals surface area (Å²) in [7, 11) is 1.68. The molecule has 0 aliphatic carbocycles. The van der Waals surface area contributed by atoms with Gasteiger partial charge in [-0.25, -0.2) is 0 Å². The maximum atomic E-state index is 5.20. The van der Waals surface area contributed by atoms with Crippen molar-refractivity contribution in [2.24, 2.45) is 0 Å². The average molecular weight is 293 g/mol. The number of hydrogen-bond acceptors (Lipinski definition) is 6. The van der Waals surface area contributed by atoms with Crippen molar-refractivity contribution in [1.29, 1.82) is 0 Å². The molecule has 0 amide bonds. The minimum atomic E-state index is 0.704. The smallest absolute Gasteiger partial charge is 0.206 e. The van der Waals surface area contributed by atoms with Gasteiger partial charge in [0, 0.05) is 12.3 Å². The Balaban J connectivity index is 1.90. The van der Waals surface area contributed by atoms with E-state index in [1.54, 1.807) is 36.3 Å². The second-order valence-corrected chi connectivity index (χ2v) is 5.88. The molecule has 2 aromatic rings. The van der Waals surface area contributed by atoms with E-state index in [9.17, 15) is 0 Å². The summed E-state index contributed by atoms with van der Waals surface area (Å²) in [6.07, 6.45) is 1.80. The Kier molecular flexibility index (Phi) is 5.23. The molecule has 0 fully saturated rings. The standard InChI is InChI=1S/C13H15N3OS2/c1-3-7-14-12-15-16-13(19-12)18-9-10-5-4-6-11(8-10)17-2/h3-6,8H,1,7,9H2,2H3,(H,14,15). The number of nitrogens with one attached hydrogen (secondary N) is 1. The molecule has 4 nitrogen and oxygen atoms in total. The lowest BCUT2D eigenvalue weighted by Gasteiger charge is -2.02. The Bertz CT molecular complexity index is 542. The molecule has 1 N–H and O–H groups in total. The zero-order chi connectivity index (χ0) is 13.5. The summed E-state index contributed by atoms with van der Waals surface area (Å²) in [5.41, 5.74) is 1.21. The molecule has 0 aliphatic heterocycles. The van der Waals surface area contributed by atoms with Crippen molar-refractivity contribution in [2.75, 3.05) is 19.0 Å². The van der Waals surface area contributed by atoms with Crippen molar-refractivity contribution >= 4 is 28.2 Å². The molecule has 6 heteroatoms. The number of methoxy groups -OCH3 is 1. The van der Waals surface area contributed by atoms with Crippen LogP contribution in [0.25, 0.3) is 0 Å². The summed E-state index contributed by atoms with van der Waals surface area (Å²) in [5.74, 6) is 1.73. The van der Waals surface area contributed by atoms with Gasteiger partial charge in [-0.05, 0) is 17.7 Å². The summed E-state index contributed by atoms with van der Waals surface area (Å²) in [6.45, 7) is 4.36. The average Bonchev–Trinajstić information content (AvgIpc) is 2.91. The van der Waals surface area contributed by atoms with Crippen LogP contribution in [-0.4, -0.2) is 23.9 Å². The van der Waals surface area contributed by atoms with Crippen molar-refractivity contribution < 1.29 is 4.74 Å². The van der Waals surface area contributed by atoms with E-state index in [1.165, 1.54) is 5.56 Å². The number of nitrogens with zero attached hydrogens (tertiary/aromatic N) is 2. The Morgan fingerprint density at radius 2 is 2.37 bits per heavy atom. The van der Waals surface area contributed by atoms with Gasteiger partial charge in [-0.1, -0.05) is 41.3 Å². The lowest BCUT2D eigenvalue weighted by Crippen LogP contribution is -1.96. The fraction of sp³-hybridized carbons (Fsp3) is 0.231. The lowest BCUT2D eigenvalue weighted by atomic mass is 10.2. The minimum Gasteiger partial charge on any atom is -0.497 e. The van der Waals surface area contributed by atoms with E-state index >= 15 is 0 Å². The van der Waals surface area contributed by atoms with Crippen LogP contribution in [-0.2, 0) is 5.75 Å². The maximum absolute atomic E-state index is 5.20. The highest BCUT2D eigenvalue weighted by atomic mass is 32.2. The van der Waals surface area contributed by atoms with Gasteiger partial charge in [-0.2, -0.15) is 0 Å². The summed E-state index contributed by atoms with van der Waals surface area (Å²) in [4.78, 5) is 0. The molecule has 0 saturated carbocycles. The van der Waals surface area contributed by atoms with Crippen LogP contribution in [0, 0.1) is 0 Å². The van der Waals surface area contributed by atoms with E-state index in [4.69, 9.17) is 4.74 Å². The van der Waals surface area contributed by atoms with Crippen LogP contribution in [0.15, 0.2) is 41.3 Å². The molecule has 0 saturated heterocycles. The molecule has 1 heterocycles. The molecule has 2 rings (SSSR count). The van der Waals surface area contributed by atoms with Gasteiger partial charge in [-0.15, -0.1) is 16.8 Å². The van der Waals surface area contributed by atoms with E-state index in [1.807, 2.05) is 18.2 Å². The fourth-order valence-electron chi connectivity index (χ4n) is 1.41. The Morgan fingerprint density at radius 1 is 1.47 bits per heavy atom. The molecular weight excluding hydrogens is 278 g/mol. The normalized spacial score (nSPS) is 10.2. The summed E-state index contributed by atoms with van der Waals surface area (Å²) < 4.78 is 6.15. The first-order chi connectivity index (χ1) is 9.31. The molecule has 0 bridgehead atoms. The van der Waals surface area contributed by atoms with Crippen LogP contribution < -0.4 is 10.1 Å². The second-order valence-electron chi connectivity index (χ2n) is 3.68. The van der Waals surface area contributed by atoms with Crippen LogP contribution >= 0.6 is 23.1 Å². The van der Waals surface area contributed by atoms with Crippen molar-refractivity contribution in [2.45, 2.75) is 10.1 Å². The first-order valence-electron chi connectivity index (χ1n) is 5.76. The van der Waals surface area contributed by atoms with E-state index in [0.717, 1.165) is 21.0 Å². The van der Waals surface area contributed by atoms with E-state index in [0.29, 0.717) is 6.54 Å². The highest BCUT2D eigenvalue weighted by Gasteiger charge is 2.04. The van der Waals surface area contributed by atoms with Gasteiger partial charge in [0.2, 0.25) is 5.13 Å². The van der Waals surface area contributed by atoms with Crippen molar-refractivity contribution in [3.63, 3.8) is 0 Å². The van der Waals surface area contributed by atoms with E-state index in [-0.39, 0.29) is 0 Å². The third-order valence-electron chi connectivity index (χ3n) is 2.30. The van der Waals surface area contributed by atoms with Gasteiger partial charge in [0.1, 0.15) is 5.75 Å². The van der Waals surface area contributed by atoms with Crippen LogP contribution in [0.5, 0.6) is 5.75 Å². The molecule has 1 aromatic heterocycles. The van der Waals surface area contributed by atoms with Gasteiger partial charge < -0.3 is 10.1 Å². The number of benzene rings is 1. The van der Waals surface area contributed by atoms with E-state index < -0.39 is 0 Å². The fourth-order valence-corrected chi connectivity index (χ4v) is 3.11. The molecule has 100 valence electrons. The van der Waals surface area contributed by atoms with Crippen molar-refractivity contribution in [3.05, 3.63) is 42.5 Å². The third kappa shape index (κ3) is 4.25. The topological polar surface area (TPSA) is 47.0 Å². The molecule has 0 atom stereocenters. The van der Waals surface area contributed by atoms with Crippen LogP contribution in [0.2, 0.25) is 0 Å². The SMILES string of the molecule is C=CCNc1nnc(SCc2cccc(OC)c2)s1. The lowest BCUT2D eigenvalue weighted by molar-refractivity contribution is 0.414. The zero-order valence-corrected chi connectivity index (χ0v) is 12.3. The Hall–Kier alpha value is -1.53. The number of hydrogen-bond donors (Lipinski definition) is 1. The summed E-state index contributed by atoms with van der Waals surface area (Å²) in [5, 5.41) is 12.1. The molecular formula is C13H15N3OS2. The quantitative estimate of drug-likeness (QED) is 0.626. The first kappa shape index (κ1) is 13.9. The van der Waals surface area contributed by atoms with Crippen LogP contribution in [0.1, 0.15) is 5.56 Å². The van der Waals surface area contributed by atoms with Crippen LogP contribution in [0.4, 0.5) is 5.13 Å². The van der Waals surface area contributed by atoms with Gasteiger partial charge in [-0.3, -0.25) is 0 Å². The molecule has 0 aliphatic rings. The zero-order valence-electron chi connectivity index (χ0n) is 10.6. The number of ether oxygens (including phenoxy) is 1. The number of anilines is 1. The monoisotopic (exact) mass is 293 g/mol. The van der Waals surface area contributed by atoms with Crippen LogP contribution in [0.3, 0.4) is 0 Å². The molecule has 1 aromatic carbocycles. The maximum Gasteiger partial charge on any atom is 0.206 e. The highest BCUT2D eigenvalue weighted by molar-refractivity contribution is 8.00. The largest absolute Gasteiger partial charge is 0.497 e. The summed E-state index contributed by atoms with van der Waals surface area (Å²) >= 11 is 3.22. The molecule has 0 radical (unpaired) electrons. The van der Waals surface area contributed by atoms with E-state index in [2.05, 4.69) is 28.2 Å². The predicted octanol–water partition coefficient (Wildman–Crippen LogP) is 3.44. The molecule has 0 unspecified atom stereocenters. The van der Waals surface area contributed by atoms with Gasteiger partial charge in [0.05, 0.1) is 7.11 Å². The predicted molar refractivity (Wildman–Crippen MR) is 81.2 cm³/mol. The Morgan fingerprint density at radius 3 is 3.16 bits per heavy atom. The van der Waals surface area contributed by atoms with Gasteiger partial charge in [0.15, 0.2) is 4.34 Å². The first-order valence-corrected chi connectivity index (χ1v) is 7.56. The highest BCUT2D eigenvalue weighted by Crippen LogP contribution is 2.28. The molecule has 0 spiro atoms. The number of aromatic nitrogens is 2. The van der Waals surface area contributed by atoms with Gasteiger partial charge in [0.25, 0.3) is 0 Å². The third-order valence-corrected chi connectivity index (χ3v) is 4.39. The summed E-state index contributed by atoms with van der Waals surface area (Å²) in [6, 6.07) is 8.04.